The van der Waals surface area contributed by atoms with Crippen LogP contribution in [-0.2, 0) is 9.53 Å². The Kier molecular flexibility index (Phi) is 11.2. The second-order valence-electron chi connectivity index (χ2n) is 5.20. The third-order valence-corrected chi connectivity index (χ3v) is 3.52. The van der Waals surface area contributed by atoms with Gasteiger partial charge in [-0.2, -0.15) is 0 Å². The molecule has 18 heavy (non-hydrogen) atoms. The van der Waals surface area contributed by atoms with Crippen molar-refractivity contribution in [1.82, 2.24) is 0 Å². The first kappa shape index (κ1) is 17.4. The SMILES string of the molecule is CCCCCCCCCOC(=O)[C@@H](N)[C@@H](C)CC. The molecule has 0 bridgehead atoms. The predicted octanol–water partition coefficient (Wildman–Crippen LogP) is 3.65. The van der Waals surface area contributed by atoms with Crippen molar-refractivity contribution in [3.8, 4) is 0 Å². The van der Waals surface area contributed by atoms with Gasteiger partial charge in [0.05, 0.1) is 6.61 Å². The Labute approximate surface area is 112 Å². The first-order chi connectivity index (χ1) is 8.63. The van der Waals surface area contributed by atoms with Crippen molar-refractivity contribution in [3.63, 3.8) is 0 Å². The molecule has 0 rings (SSSR count). The number of ether oxygens (including phenoxy) is 1. The smallest absolute Gasteiger partial charge is 0.323 e. The molecule has 3 heteroatoms. The van der Waals surface area contributed by atoms with Gasteiger partial charge in [-0.3, -0.25) is 4.79 Å². The van der Waals surface area contributed by atoms with Crippen LogP contribution < -0.4 is 5.73 Å². The van der Waals surface area contributed by atoms with Gasteiger partial charge in [0.25, 0.3) is 0 Å². The van der Waals surface area contributed by atoms with E-state index in [2.05, 4.69) is 6.92 Å². The number of rotatable bonds is 11. The van der Waals surface area contributed by atoms with E-state index in [1.165, 1.54) is 32.1 Å². The second kappa shape index (κ2) is 11.5. The van der Waals surface area contributed by atoms with Crippen molar-refractivity contribution in [2.75, 3.05) is 6.61 Å². The van der Waals surface area contributed by atoms with E-state index in [-0.39, 0.29) is 11.9 Å². The Bertz CT molecular complexity index is 207. The fourth-order valence-electron chi connectivity index (χ4n) is 1.81. The maximum Gasteiger partial charge on any atom is 0.323 e. The molecule has 0 spiro atoms. The first-order valence-electron chi connectivity index (χ1n) is 7.55. The van der Waals surface area contributed by atoms with Crippen LogP contribution in [0.5, 0.6) is 0 Å². The molecule has 0 saturated carbocycles. The Hall–Kier alpha value is -0.570. The lowest BCUT2D eigenvalue weighted by Crippen LogP contribution is -2.38. The highest BCUT2D eigenvalue weighted by molar-refractivity contribution is 5.75. The summed E-state index contributed by atoms with van der Waals surface area (Å²) in [5.74, 6) is -0.0399. The van der Waals surface area contributed by atoms with Gasteiger partial charge in [0.15, 0.2) is 0 Å². The third-order valence-electron chi connectivity index (χ3n) is 3.52. The molecule has 2 N–H and O–H groups in total. The van der Waals surface area contributed by atoms with Crippen LogP contribution in [0.4, 0.5) is 0 Å². The van der Waals surface area contributed by atoms with Gasteiger partial charge in [0.2, 0.25) is 0 Å². The van der Waals surface area contributed by atoms with Crippen molar-refractivity contribution >= 4 is 5.97 Å². The van der Waals surface area contributed by atoms with Crippen LogP contribution in [0.1, 0.15) is 72.1 Å². The molecule has 0 aliphatic carbocycles. The van der Waals surface area contributed by atoms with Crippen molar-refractivity contribution in [1.29, 1.82) is 0 Å². The summed E-state index contributed by atoms with van der Waals surface area (Å²) in [7, 11) is 0. The summed E-state index contributed by atoms with van der Waals surface area (Å²) in [6.45, 7) is 6.77. The van der Waals surface area contributed by atoms with Crippen LogP contribution in [0, 0.1) is 5.92 Å². The van der Waals surface area contributed by atoms with Crippen LogP contribution in [0.3, 0.4) is 0 Å². The van der Waals surface area contributed by atoms with Crippen LogP contribution in [0.15, 0.2) is 0 Å². The Morgan fingerprint density at radius 2 is 1.61 bits per heavy atom. The topological polar surface area (TPSA) is 52.3 Å². The summed E-state index contributed by atoms with van der Waals surface area (Å²) in [4.78, 5) is 11.6. The molecule has 0 aromatic rings. The minimum atomic E-state index is -0.459. The molecule has 0 amide bonds. The lowest BCUT2D eigenvalue weighted by atomic mass is 10.0. The average molecular weight is 257 g/mol. The molecule has 2 atom stereocenters. The van der Waals surface area contributed by atoms with Crippen LogP contribution >= 0.6 is 0 Å². The van der Waals surface area contributed by atoms with Crippen molar-refractivity contribution in [3.05, 3.63) is 0 Å². The zero-order chi connectivity index (χ0) is 13.8. The van der Waals surface area contributed by atoms with Gasteiger partial charge in [-0.1, -0.05) is 65.7 Å². The lowest BCUT2D eigenvalue weighted by Gasteiger charge is -2.16. The van der Waals surface area contributed by atoms with Crippen LogP contribution in [0.2, 0.25) is 0 Å². The van der Waals surface area contributed by atoms with E-state index in [1.54, 1.807) is 0 Å². The molecule has 108 valence electrons. The maximum absolute atomic E-state index is 11.6. The van der Waals surface area contributed by atoms with Crippen molar-refractivity contribution < 1.29 is 9.53 Å². The Morgan fingerprint density at radius 1 is 1.06 bits per heavy atom. The molecular formula is C15H31NO2. The van der Waals surface area contributed by atoms with E-state index in [0.717, 1.165) is 19.3 Å². The Morgan fingerprint density at radius 3 is 2.17 bits per heavy atom. The summed E-state index contributed by atoms with van der Waals surface area (Å²) in [5, 5.41) is 0. The van der Waals surface area contributed by atoms with Crippen molar-refractivity contribution in [2.24, 2.45) is 11.7 Å². The fourth-order valence-corrected chi connectivity index (χ4v) is 1.81. The van der Waals surface area contributed by atoms with E-state index < -0.39 is 6.04 Å². The molecule has 0 aliphatic rings. The summed E-state index contributed by atoms with van der Waals surface area (Å²) in [6.07, 6.45) is 9.51. The number of hydrogen-bond donors (Lipinski definition) is 1. The number of esters is 1. The maximum atomic E-state index is 11.6. The van der Waals surface area contributed by atoms with Gasteiger partial charge in [-0.15, -0.1) is 0 Å². The first-order valence-corrected chi connectivity index (χ1v) is 7.55. The van der Waals surface area contributed by atoms with Gasteiger partial charge >= 0.3 is 5.97 Å². The number of carbonyl (C=O) groups is 1. The highest BCUT2D eigenvalue weighted by Crippen LogP contribution is 2.09. The van der Waals surface area contributed by atoms with Gasteiger partial charge in [-0.05, 0) is 12.3 Å². The fraction of sp³-hybridized carbons (Fsp3) is 0.933. The largest absolute Gasteiger partial charge is 0.465 e. The van der Waals surface area contributed by atoms with E-state index in [9.17, 15) is 4.79 Å². The van der Waals surface area contributed by atoms with E-state index in [0.29, 0.717) is 6.61 Å². The molecule has 0 saturated heterocycles. The number of unbranched alkanes of at least 4 members (excludes halogenated alkanes) is 6. The molecule has 0 radical (unpaired) electrons. The zero-order valence-electron chi connectivity index (χ0n) is 12.4. The average Bonchev–Trinajstić information content (AvgIpc) is 2.39. The third kappa shape index (κ3) is 8.51. The van der Waals surface area contributed by atoms with Gasteiger partial charge in [0.1, 0.15) is 6.04 Å². The highest BCUT2D eigenvalue weighted by Gasteiger charge is 2.20. The quantitative estimate of drug-likeness (QED) is 0.454. The van der Waals surface area contributed by atoms with Crippen molar-refractivity contribution in [2.45, 2.75) is 78.2 Å². The minimum Gasteiger partial charge on any atom is -0.465 e. The molecule has 0 aromatic heterocycles. The number of carbonyl (C=O) groups excluding carboxylic acids is 1. The Balaban J connectivity index is 3.40. The number of hydrogen-bond acceptors (Lipinski definition) is 3. The number of nitrogens with two attached hydrogens (primary N) is 1. The molecule has 0 unspecified atom stereocenters. The molecule has 3 nitrogen and oxygen atoms in total. The molecule has 0 heterocycles. The van der Waals surface area contributed by atoms with Gasteiger partial charge in [0, 0.05) is 0 Å². The molecule has 0 fully saturated rings. The van der Waals surface area contributed by atoms with Crippen LogP contribution in [-0.4, -0.2) is 18.6 Å². The molecule has 0 aromatic carbocycles. The predicted molar refractivity (Wildman–Crippen MR) is 76.4 cm³/mol. The molecule has 0 aliphatic heterocycles. The molecular weight excluding hydrogens is 226 g/mol. The summed E-state index contributed by atoms with van der Waals surface area (Å²) < 4.78 is 5.19. The summed E-state index contributed by atoms with van der Waals surface area (Å²) in [6, 6.07) is -0.459. The second-order valence-corrected chi connectivity index (χ2v) is 5.20. The normalized spacial score (nSPS) is 14.2. The van der Waals surface area contributed by atoms with E-state index >= 15 is 0 Å². The van der Waals surface area contributed by atoms with Gasteiger partial charge in [-0.25, -0.2) is 0 Å². The summed E-state index contributed by atoms with van der Waals surface area (Å²) in [5.41, 5.74) is 5.79. The standard InChI is InChI=1S/C15H31NO2/c1-4-6-7-8-9-10-11-12-18-15(17)14(16)13(3)5-2/h13-14H,4-12,16H2,1-3H3/t13-,14-/m0/s1. The minimum absolute atomic E-state index is 0.201. The van der Waals surface area contributed by atoms with E-state index in [1.807, 2.05) is 13.8 Å². The monoisotopic (exact) mass is 257 g/mol. The van der Waals surface area contributed by atoms with Gasteiger partial charge < -0.3 is 10.5 Å². The highest BCUT2D eigenvalue weighted by atomic mass is 16.5. The zero-order valence-corrected chi connectivity index (χ0v) is 12.4. The summed E-state index contributed by atoms with van der Waals surface area (Å²) >= 11 is 0. The van der Waals surface area contributed by atoms with Crippen LogP contribution in [0.25, 0.3) is 0 Å². The van der Waals surface area contributed by atoms with E-state index in [4.69, 9.17) is 10.5 Å². The lowest BCUT2D eigenvalue weighted by molar-refractivity contribution is -0.146.